The lowest BCUT2D eigenvalue weighted by Gasteiger charge is -2.10. The van der Waals surface area contributed by atoms with Crippen molar-refractivity contribution < 1.29 is 14.7 Å². The van der Waals surface area contributed by atoms with Crippen LogP contribution in [-0.4, -0.2) is 17.0 Å². The molecule has 4 nitrogen and oxygen atoms in total. The molecule has 0 bridgehead atoms. The van der Waals surface area contributed by atoms with Crippen LogP contribution in [0.1, 0.15) is 12.0 Å². The third-order valence-electron chi connectivity index (χ3n) is 2.15. The Bertz CT molecular complexity index is 348. The Labute approximate surface area is 87.7 Å². The van der Waals surface area contributed by atoms with Crippen LogP contribution in [0.3, 0.4) is 0 Å². The van der Waals surface area contributed by atoms with Crippen LogP contribution in [0.4, 0.5) is 0 Å². The lowest BCUT2D eigenvalue weighted by molar-refractivity contribution is -0.140. The molecule has 80 valence electrons. The van der Waals surface area contributed by atoms with Crippen LogP contribution in [0.25, 0.3) is 0 Å². The second-order valence-electron chi connectivity index (χ2n) is 3.39. The van der Waals surface area contributed by atoms with Gasteiger partial charge in [0, 0.05) is 0 Å². The molecule has 0 aliphatic heterocycles. The Balaban J connectivity index is 2.67. The molecule has 1 aromatic carbocycles. The number of hydrogen-bond donors (Lipinski definition) is 2. The summed E-state index contributed by atoms with van der Waals surface area (Å²) in [5.74, 6) is -2.21. The Morgan fingerprint density at radius 2 is 1.87 bits per heavy atom. The van der Waals surface area contributed by atoms with E-state index >= 15 is 0 Å². The van der Waals surface area contributed by atoms with Gasteiger partial charge in [-0.05, 0) is 12.0 Å². The molecule has 1 amide bonds. The summed E-state index contributed by atoms with van der Waals surface area (Å²) < 4.78 is 0. The normalized spacial score (nSPS) is 12.0. The van der Waals surface area contributed by atoms with Crippen LogP contribution in [0, 0.1) is 5.92 Å². The fourth-order valence-corrected chi connectivity index (χ4v) is 1.38. The van der Waals surface area contributed by atoms with Crippen molar-refractivity contribution in [2.24, 2.45) is 11.7 Å². The minimum atomic E-state index is -1.00. The monoisotopic (exact) mass is 207 g/mol. The molecule has 15 heavy (non-hydrogen) atoms. The summed E-state index contributed by atoms with van der Waals surface area (Å²) in [4.78, 5) is 21.5. The van der Waals surface area contributed by atoms with Gasteiger partial charge in [0.1, 0.15) is 0 Å². The van der Waals surface area contributed by atoms with Crippen LogP contribution in [0.15, 0.2) is 30.3 Å². The number of nitrogens with two attached hydrogens (primary N) is 1. The number of carbonyl (C=O) groups excluding carboxylic acids is 1. The number of amides is 1. The van der Waals surface area contributed by atoms with E-state index in [2.05, 4.69) is 0 Å². The number of hydrogen-bond acceptors (Lipinski definition) is 2. The summed E-state index contributed by atoms with van der Waals surface area (Å²) in [5, 5.41) is 8.60. The topological polar surface area (TPSA) is 80.4 Å². The molecule has 1 rings (SSSR count). The van der Waals surface area contributed by atoms with Gasteiger partial charge in [-0.15, -0.1) is 0 Å². The third kappa shape index (κ3) is 3.81. The highest BCUT2D eigenvalue weighted by molar-refractivity contribution is 5.82. The predicted molar refractivity (Wildman–Crippen MR) is 55.1 cm³/mol. The maximum atomic E-state index is 11.0. The van der Waals surface area contributed by atoms with E-state index in [9.17, 15) is 9.59 Å². The average molecular weight is 207 g/mol. The van der Waals surface area contributed by atoms with Crippen molar-refractivity contribution in [1.29, 1.82) is 0 Å². The van der Waals surface area contributed by atoms with E-state index in [0.717, 1.165) is 5.56 Å². The standard InChI is InChI=1S/C11H13NO3/c12-11(15)9(7-10(13)14)6-8-4-2-1-3-5-8/h1-5,9H,6-7H2,(H2,12,15)(H,13,14). The molecule has 0 saturated heterocycles. The largest absolute Gasteiger partial charge is 0.481 e. The smallest absolute Gasteiger partial charge is 0.304 e. The highest BCUT2D eigenvalue weighted by Crippen LogP contribution is 2.11. The Hall–Kier alpha value is -1.84. The van der Waals surface area contributed by atoms with E-state index in [4.69, 9.17) is 10.8 Å². The van der Waals surface area contributed by atoms with E-state index in [1.54, 1.807) is 0 Å². The lowest BCUT2D eigenvalue weighted by Crippen LogP contribution is -2.27. The van der Waals surface area contributed by atoms with Crippen molar-refractivity contribution in [3.63, 3.8) is 0 Å². The first-order valence-electron chi connectivity index (χ1n) is 4.64. The molecule has 0 saturated carbocycles. The van der Waals surface area contributed by atoms with Crippen molar-refractivity contribution in [3.05, 3.63) is 35.9 Å². The number of aliphatic carboxylic acids is 1. The van der Waals surface area contributed by atoms with Crippen molar-refractivity contribution in [2.45, 2.75) is 12.8 Å². The molecular weight excluding hydrogens is 194 g/mol. The van der Waals surface area contributed by atoms with Crippen LogP contribution in [-0.2, 0) is 16.0 Å². The van der Waals surface area contributed by atoms with E-state index in [0.29, 0.717) is 6.42 Å². The Kier molecular flexibility index (Phi) is 3.85. The average Bonchev–Trinajstić information content (AvgIpc) is 2.17. The van der Waals surface area contributed by atoms with Crippen molar-refractivity contribution in [1.82, 2.24) is 0 Å². The zero-order chi connectivity index (χ0) is 11.3. The van der Waals surface area contributed by atoms with Gasteiger partial charge in [0.25, 0.3) is 0 Å². The number of primary amides is 1. The molecule has 0 aliphatic carbocycles. The second-order valence-corrected chi connectivity index (χ2v) is 3.39. The predicted octanol–water partition coefficient (Wildman–Crippen LogP) is 0.805. The highest BCUT2D eigenvalue weighted by atomic mass is 16.4. The lowest BCUT2D eigenvalue weighted by atomic mass is 9.96. The number of carbonyl (C=O) groups is 2. The molecule has 0 radical (unpaired) electrons. The van der Waals surface area contributed by atoms with Gasteiger partial charge in [0.2, 0.25) is 5.91 Å². The van der Waals surface area contributed by atoms with Crippen LogP contribution >= 0.6 is 0 Å². The summed E-state index contributed by atoms with van der Waals surface area (Å²) in [5.41, 5.74) is 6.05. The van der Waals surface area contributed by atoms with Gasteiger partial charge in [-0.3, -0.25) is 9.59 Å². The minimum Gasteiger partial charge on any atom is -0.481 e. The summed E-state index contributed by atoms with van der Waals surface area (Å²) in [7, 11) is 0. The molecule has 0 aliphatic rings. The van der Waals surface area contributed by atoms with Crippen molar-refractivity contribution in [3.8, 4) is 0 Å². The fourth-order valence-electron chi connectivity index (χ4n) is 1.38. The van der Waals surface area contributed by atoms with Crippen molar-refractivity contribution >= 4 is 11.9 Å². The van der Waals surface area contributed by atoms with Crippen LogP contribution in [0.2, 0.25) is 0 Å². The van der Waals surface area contributed by atoms with Gasteiger partial charge in [-0.2, -0.15) is 0 Å². The minimum absolute atomic E-state index is 0.218. The summed E-state index contributed by atoms with van der Waals surface area (Å²) >= 11 is 0. The van der Waals surface area contributed by atoms with Gasteiger partial charge < -0.3 is 10.8 Å². The van der Waals surface area contributed by atoms with E-state index in [1.807, 2.05) is 30.3 Å². The molecule has 0 fully saturated rings. The SMILES string of the molecule is NC(=O)C(CC(=O)O)Cc1ccccc1. The summed E-state index contributed by atoms with van der Waals surface area (Å²) in [6.07, 6.45) is 0.159. The zero-order valence-electron chi connectivity index (χ0n) is 8.22. The molecule has 1 atom stereocenters. The number of carboxylic acid groups (broad SMARTS) is 1. The van der Waals surface area contributed by atoms with Crippen LogP contribution < -0.4 is 5.73 Å². The summed E-state index contributed by atoms with van der Waals surface area (Å²) in [6, 6.07) is 9.23. The first-order chi connectivity index (χ1) is 7.09. The number of rotatable bonds is 5. The van der Waals surface area contributed by atoms with E-state index in [1.165, 1.54) is 0 Å². The van der Waals surface area contributed by atoms with Crippen LogP contribution in [0.5, 0.6) is 0 Å². The van der Waals surface area contributed by atoms with E-state index < -0.39 is 17.8 Å². The molecular formula is C11H13NO3. The quantitative estimate of drug-likeness (QED) is 0.749. The highest BCUT2D eigenvalue weighted by Gasteiger charge is 2.19. The second kappa shape index (κ2) is 5.14. The molecule has 1 unspecified atom stereocenters. The molecule has 3 N–H and O–H groups in total. The third-order valence-corrected chi connectivity index (χ3v) is 2.15. The zero-order valence-corrected chi connectivity index (χ0v) is 8.22. The van der Waals surface area contributed by atoms with Gasteiger partial charge >= 0.3 is 5.97 Å². The van der Waals surface area contributed by atoms with Gasteiger partial charge in [0.05, 0.1) is 12.3 Å². The van der Waals surface area contributed by atoms with Gasteiger partial charge in [-0.25, -0.2) is 0 Å². The molecule has 0 heterocycles. The van der Waals surface area contributed by atoms with E-state index in [-0.39, 0.29) is 6.42 Å². The maximum absolute atomic E-state index is 11.0. The van der Waals surface area contributed by atoms with Gasteiger partial charge in [0.15, 0.2) is 0 Å². The Morgan fingerprint density at radius 3 is 2.33 bits per heavy atom. The fraction of sp³-hybridized carbons (Fsp3) is 0.273. The molecule has 4 heteroatoms. The molecule has 0 aromatic heterocycles. The molecule has 1 aromatic rings. The maximum Gasteiger partial charge on any atom is 0.304 e. The summed E-state index contributed by atoms with van der Waals surface area (Å²) in [6.45, 7) is 0. The number of carboxylic acids is 1. The van der Waals surface area contributed by atoms with Gasteiger partial charge in [-0.1, -0.05) is 30.3 Å². The number of benzene rings is 1. The Morgan fingerprint density at radius 1 is 1.27 bits per heavy atom. The van der Waals surface area contributed by atoms with Crippen molar-refractivity contribution in [2.75, 3.05) is 0 Å². The first kappa shape index (κ1) is 11.2. The molecule has 0 spiro atoms. The first-order valence-corrected chi connectivity index (χ1v) is 4.64.